The van der Waals surface area contributed by atoms with E-state index in [0.717, 1.165) is 22.7 Å². The summed E-state index contributed by atoms with van der Waals surface area (Å²) in [7, 11) is 0. The van der Waals surface area contributed by atoms with E-state index in [4.69, 9.17) is 21.7 Å². The number of rotatable bonds is 4. The molecular formula is C18H20N2O2S. The topological polar surface area (TPSA) is 42.5 Å². The highest BCUT2D eigenvalue weighted by Gasteiger charge is 2.13. The van der Waals surface area contributed by atoms with Gasteiger partial charge in [0.05, 0.1) is 0 Å². The van der Waals surface area contributed by atoms with Crippen molar-refractivity contribution < 1.29 is 9.47 Å². The minimum absolute atomic E-state index is 0.290. The van der Waals surface area contributed by atoms with Gasteiger partial charge in [0.1, 0.15) is 0 Å². The molecule has 2 aromatic carbocycles. The molecule has 0 saturated carbocycles. The Morgan fingerprint density at radius 2 is 1.91 bits per heavy atom. The number of ether oxygens (including phenoxy) is 2. The summed E-state index contributed by atoms with van der Waals surface area (Å²) in [6.07, 6.45) is 0. The summed E-state index contributed by atoms with van der Waals surface area (Å²) in [5, 5.41) is 7.11. The molecule has 1 aliphatic heterocycles. The minimum atomic E-state index is 0.290. The van der Waals surface area contributed by atoms with E-state index in [9.17, 15) is 0 Å². The molecule has 0 fully saturated rings. The van der Waals surface area contributed by atoms with E-state index in [1.165, 1.54) is 5.56 Å². The Morgan fingerprint density at radius 3 is 2.74 bits per heavy atom. The van der Waals surface area contributed by atoms with Gasteiger partial charge in [-0.05, 0) is 47.5 Å². The van der Waals surface area contributed by atoms with Gasteiger partial charge in [0, 0.05) is 12.2 Å². The maximum Gasteiger partial charge on any atom is 0.231 e. The molecule has 3 rings (SSSR count). The first-order valence-electron chi connectivity index (χ1n) is 7.66. The van der Waals surface area contributed by atoms with Gasteiger partial charge in [0.15, 0.2) is 16.6 Å². The average molecular weight is 328 g/mol. The number of hydrogen-bond acceptors (Lipinski definition) is 3. The van der Waals surface area contributed by atoms with Crippen LogP contribution in [-0.4, -0.2) is 11.9 Å². The SMILES string of the molecule is CC(C)c1ccccc1NC(=S)NCc1ccc2c(c1)OCO2. The minimum Gasteiger partial charge on any atom is -0.454 e. The molecule has 120 valence electrons. The summed E-state index contributed by atoms with van der Waals surface area (Å²) in [4.78, 5) is 0. The maximum atomic E-state index is 5.40. The van der Waals surface area contributed by atoms with Crippen molar-refractivity contribution >= 4 is 23.0 Å². The Morgan fingerprint density at radius 1 is 1.13 bits per heavy atom. The van der Waals surface area contributed by atoms with Crippen molar-refractivity contribution in [2.45, 2.75) is 26.3 Å². The molecule has 2 aromatic rings. The molecule has 0 saturated heterocycles. The normalized spacial score (nSPS) is 12.3. The van der Waals surface area contributed by atoms with E-state index < -0.39 is 0 Å². The van der Waals surface area contributed by atoms with Crippen LogP contribution in [0.25, 0.3) is 0 Å². The van der Waals surface area contributed by atoms with Crippen molar-refractivity contribution in [2.75, 3.05) is 12.1 Å². The molecule has 23 heavy (non-hydrogen) atoms. The van der Waals surface area contributed by atoms with Crippen LogP contribution in [0, 0.1) is 0 Å². The molecule has 0 radical (unpaired) electrons. The molecule has 0 amide bonds. The zero-order chi connectivity index (χ0) is 16.2. The molecule has 0 atom stereocenters. The molecule has 5 heteroatoms. The highest BCUT2D eigenvalue weighted by atomic mass is 32.1. The summed E-state index contributed by atoms with van der Waals surface area (Å²) in [5.74, 6) is 2.02. The lowest BCUT2D eigenvalue weighted by Gasteiger charge is -2.16. The number of fused-ring (bicyclic) bond motifs is 1. The molecule has 4 nitrogen and oxygen atoms in total. The highest BCUT2D eigenvalue weighted by Crippen LogP contribution is 2.32. The van der Waals surface area contributed by atoms with Crippen LogP contribution in [0.2, 0.25) is 0 Å². The summed E-state index contributed by atoms with van der Waals surface area (Å²) < 4.78 is 10.7. The Hall–Kier alpha value is -2.27. The van der Waals surface area contributed by atoms with Crippen LogP contribution in [0.3, 0.4) is 0 Å². The quantitative estimate of drug-likeness (QED) is 0.830. The Labute approximate surface area is 141 Å². The van der Waals surface area contributed by atoms with Crippen LogP contribution < -0.4 is 20.1 Å². The zero-order valence-corrected chi connectivity index (χ0v) is 14.1. The van der Waals surface area contributed by atoms with Crippen LogP contribution in [0.15, 0.2) is 42.5 Å². The summed E-state index contributed by atoms with van der Waals surface area (Å²) in [6.45, 7) is 5.26. The van der Waals surface area contributed by atoms with Gasteiger partial charge in [-0.2, -0.15) is 0 Å². The first-order valence-corrected chi connectivity index (χ1v) is 8.06. The molecule has 1 aliphatic rings. The summed E-state index contributed by atoms with van der Waals surface area (Å²) in [5.41, 5.74) is 3.39. The van der Waals surface area contributed by atoms with Crippen LogP contribution in [-0.2, 0) is 6.54 Å². The molecule has 0 spiro atoms. The van der Waals surface area contributed by atoms with E-state index in [1.807, 2.05) is 36.4 Å². The Bertz CT molecular complexity index is 716. The van der Waals surface area contributed by atoms with Crippen LogP contribution in [0.1, 0.15) is 30.9 Å². The van der Waals surface area contributed by atoms with Crippen molar-refractivity contribution in [3.8, 4) is 11.5 Å². The lowest BCUT2D eigenvalue weighted by Crippen LogP contribution is -2.28. The molecular weight excluding hydrogens is 308 g/mol. The third-order valence-electron chi connectivity index (χ3n) is 3.72. The van der Waals surface area contributed by atoms with Gasteiger partial charge in [-0.1, -0.05) is 38.1 Å². The van der Waals surface area contributed by atoms with Crippen LogP contribution in [0.4, 0.5) is 5.69 Å². The van der Waals surface area contributed by atoms with Gasteiger partial charge < -0.3 is 20.1 Å². The molecule has 0 aromatic heterocycles. The number of nitrogens with one attached hydrogen (secondary N) is 2. The fourth-order valence-electron chi connectivity index (χ4n) is 2.51. The number of para-hydroxylation sites is 1. The predicted molar refractivity (Wildman–Crippen MR) is 96.2 cm³/mol. The van der Waals surface area contributed by atoms with Crippen molar-refractivity contribution in [3.05, 3.63) is 53.6 Å². The van der Waals surface area contributed by atoms with Crippen molar-refractivity contribution in [1.82, 2.24) is 5.32 Å². The lowest BCUT2D eigenvalue weighted by atomic mass is 10.0. The van der Waals surface area contributed by atoms with Gasteiger partial charge in [0.25, 0.3) is 0 Å². The number of hydrogen-bond donors (Lipinski definition) is 2. The second-order valence-electron chi connectivity index (χ2n) is 5.74. The predicted octanol–water partition coefficient (Wildman–Crippen LogP) is 4.03. The second-order valence-corrected chi connectivity index (χ2v) is 6.15. The molecule has 2 N–H and O–H groups in total. The van der Waals surface area contributed by atoms with Gasteiger partial charge in [-0.3, -0.25) is 0 Å². The van der Waals surface area contributed by atoms with E-state index >= 15 is 0 Å². The molecule has 0 unspecified atom stereocenters. The summed E-state index contributed by atoms with van der Waals surface area (Å²) >= 11 is 5.40. The highest BCUT2D eigenvalue weighted by molar-refractivity contribution is 7.80. The Kier molecular flexibility index (Phi) is 4.67. The monoisotopic (exact) mass is 328 g/mol. The van der Waals surface area contributed by atoms with E-state index in [0.29, 0.717) is 17.6 Å². The van der Waals surface area contributed by atoms with Crippen molar-refractivity contribution in [2.24, 2.45) is 0 Å². The third kappa shape index (κ3) is 3.74. The lowest BCUT2D eigenvalue weighted by molar-refractivity contribution is 0.174. The number of anilines is 1. The van der Waals surface area contributed by atoms with E-state index in [1.54, 1.807) is 0 Å². The van der Waals surface area contributed by atoms with Gasteiger partial charge >= 0.3 is 0 Å². The molecule has 0 aliphatic carbocycles. The first-order chi connectivity index (χ1) is 11.1. The zero-order valence-electron chi connectivity index (χ0n) is 13.3. The third-order valence-corrected chi connectivity index (χ3v) is 3.97. The second kappa shape index (κ2) is 6.87. The van der Waals surface area contributed by atoms with Crippen molar-refractivity contribution in [1.29, 1.82) is 0 Å². The number of thiocarbonyl (C=S) groups is 1. The van der Waals surface area contributed by atoms with Crippen LogP contribution in [0.5, 0.6) is 11.5 Å². The molecule has 0 bridgehead atoms. The maximum absolute atomic E-state index is 5.40. The Balaban J connectivity index is 1.60. The van der Waals surface area contributed by atoms with Crippen molar-refractivity contribution in [3.63, 3.8) is 0 Å². The van der Waals surface area contributed by atoms with Crippen LogP contribution >= 0.6 is 12.2 Å². The van der Waals surface area contributed by atoms with E-state index in [-0.39, 0.29) is 6.79 Å². The smallest absolute Gasteiger partial charge is 0.231 e. The first kappa shape index (κ1) is 15.6. The molecule has 1 heterocycles. The largest absolute Gasteiger partial charge is 0.454 e. The summed E-state index contributed by atoms with van der Waals surface area (Å²) in [6, 6.07) is 14.1. The number of benzene rings is 2. The average Bonchev–Trinajstić information content (AvgIpc) is 3.01. The van der Waals surface area contributed by atoms with Gasteiger partial charge in [0.2, 0.25) is 6.79 Å². The van der Waals surface area contributed by atoms with Gasteiger partial charge in [-0.25, -0.2) is 0 Å². The standard InChI is InChI=1S/C18H20N2O2S/c1-12(2)14-5-3-4-6-15(14)20-18(23)19-10-13-7-8-16-17(9-13)22-11-21-16/h3-9,12H,10-11H2,1-2H3,(H2,19,20,23). The van der Waals surface area contributed by atoms with Gasteiger partial charge in [-0.15, -0.1) is 0 Å². The fraction of sp³-hybridized carbons (Fsp3) is 0.278. The fourth-order valence-corrected chi connectivity index (χ4v) is 2.70. The van der Waals surface area contributed by atoms with E-state index in [2.05, 4.69) is 30.5 Å².